The monoisotopic (exact) mass is 289 g/mol. The van der Waals surface area contributed by atoms with Crippen LogP contribution in [0.3, 0.4) is 0 Å². The lowest BCUT2D eigenvalue weighted by Crippen LogP contribution is -2.27. The Morgan fingerprint density at radius 1 is 1.38 bits per heavy atom. The first-order valence-corrected chi connectivity index (χ1v) is 7.31. The molecule has 1 aromatic rings. The molecule has 0 bridgehead atoms. The van der Waals surface area contributed by atoms with Gasteiger partial charge >= 0.3 is 5.97 Å². The average molecular weight is 289 g/mol. The summed E-state index contributed by atoms with van der Waals surface area (Å²) in [7, 11) is 0. The maximum absolute atomic E-state index is 10.4. The van der Waals surface area contributed by atoms with Crippen LogP contribution in [0.2, 0.25) is 0 Å². The van der Waals surface area contributed by atoms with Gasteiger partial charge in [0.15, 0.2) is 0 Å². The van der Waals surface area contributed by atoms with Gasteiger partial charge in [0.2, 0.25) is 0 Å². The van der Waals surface area contributed by atoms with Crippen molar-refractivity contribution in [2.45, 2.75) is 20.3 Å². The van der Waals surface area contributed by atoms with Crippen LogP contribution in [0.4, 0.5) is 0 Å². The van der Waals surface area contributed by atoms with Gasteiger partial charge in [-0.05, 0) is 42.2 Å². The van der Waals surface area contributed by atoms with Gasteiger partial charge in [0.1, 0.15) is 12.4 Å². The van der Waals surface area contributed by atoms with Crippen molar-refractivity contribution in [1.29, 1.82) is 0 Å². The van der Waals surface area contributed by atoms with E-state index in [9.17, 15) is 4.79 Å². The number of carboxylic acids is 1. The molecule has 4 heteroatoms. The normalized spacial score (nSPS) is 18.2. The maximum Gasteiger partial charge on any atom is 0.328 e. The lowest BCUT2D eigenvalue weighted by atomic mass is 9.93. The number of rotatable bonds is 6. The van der Waals surface area contributed by atoms with Crippen LogP contribution in [-0.4, -0.2) is 42.2 Å². The molecule has 2 rings (SSSR count). The van der Waals surface area contributed by atoms with Crippen molar-refractivity contribution < 1.29 is 14.6 Å². The molecule has 1 aliphatic heterocycles. The van der Waals surface area contributed by atoms with Gasteiger partial charge < -0.3 is 9.84 Å². The fourth-order valence-corrected chi connectivity index (χ4v) is 2.55. The van der Waals surface area contributed by atoms with E-state index in [1.807, 2.05) is 24.3 Å². The van der Waals surface area contributed by atoms with Gasteiger partial charge in [0.25, 0.3) is 0 Å². The summed E-state index contributed by atoms with van der Waals surface area (Å²) in [5.74, 6) is -0.121. The molecule has 0 spiro atoms. The van der Waals surface area contributed by atoms with Gasteiger partial charge in [-0.3, -0.25) is 4.90 Å². The van der Waals surface area contributed by atoms with Crippen molar-refractivity contribution in [3.63, 3.8) is 0 Å². The zero-order valence-corrected chi connectivity index (χ0v) is 12.7. The predicted octanol–water partition coefficient (Wildman–Crippen LogP) is 2.90. The van der Waals surface area contributed by atoms with Crippen LogP contribution in [0.1, 0.15) is 25.8 Å². The third-order valence-electron chi connectivity index (χ3n) is 3.73. The van der Waals surface area contributed by atoms with Crippen LogP contribution in [-0.2, 0) is 4.79 Å². The van der Waals surface area contributed by atoms with Crippen LogP contribution in [0.25, 0.3) is 6.08 Å². The highest BCUT2D eigenvalue weighted by molar-refractivity contribution is 5.85. The second-order valence-corrected chi connectivity index (χ2v) is 6.28. The second-order valence-electron chi connectivity index (χ2n) is 6.28. The van der Waals surface area contributed by atoms with Crippen LogP contribution in [0, 0.1) is 5.41 Å². The molecule has 1 heterocycles. The molecule has 0 atom stereocenters. The summed E-state index contributed by atoms with van der Waals surface area (Å²) in [6, 6.07) is 7.45. The minimum atomic E-state index is -0.941. The Hall–Kier alpha value is -1.81. The summed E-state index contributed by atoms with van der Waals surface area (Å²) in [5, 5.41) is 8.57. The van der Waals surface area contributed by atoms with Crippen molar-refractivity contribution in [2.24, 2.45) is 5.41 Å². The van der Waals surface area contributed by atoms with Crippen molar-refractivity contribution in [3.8, 4) is 5.75 Å². The zero-order chi connectivity index (χ0) is 15.3. The molecule has 0 unspecified atom stereocenters. The summed E-state index contributed by atoms with van der Waals surface area (Å²) >= 11 is 0. The standard InChI is InChI=1S/C17H23NO3/c1-17(2)9-10-18(13-17)11-12-21-15-6-3-14(4-7-15)5-8-16(19)20/h3-8H,9-13H2,1-2H3,(H,19,20)/b8-5+. The maximum atomic E-state index is 10.4. The molecule has 1 N–H and O–H groups in total. The molecule has 1 aliphatic rings. The van der Waals surface area contributed by atoms with E-state index in [2.05, 4.69) is 18.7 Å². The van der Waals surface area contributed by atoms with Gasteiger partial charge in [-0.1, -0.05) is 26.0 Å². The smallest absolute Gasteiger partial charge is 0.328 e. The largest absolute Gasteiger partial charge is 0.492 e. The first-order chi connectivity index (χ1) is 9.94. The Morgan fingerprint density at radius 2 is 2.10 bits per heavy atom. The molecule has 4 nitrogen and oxygen atoms in total. The van der Waals surface area contributed by atoms with Crippen LogP contribution < -0.4 is 4.74 Å². The highest BCUT2D eigenvalue weighted by Gasteiger charge is 2.28. The van der Waals surface area contributed by atoms with E-state index in [-0.39, 0.29) is 0 Å². The number of likely N-dealkylation sites (tertiary alicyclic amines) is 1. The first-order valence-electron chi connectivity index (χ1n) is 7.31. The Labute approximate surface area is 126 Å². The topological polar surface area (TPSA) is 49.8 Å². The molecule has 21 heavy (non-hydrogen) atoms. The van der Waals surface area contributed by atoms with Gasteiger partial charge in [-0.15, -0.1) is 0 Å². The second kappa shape index (κ2) is 6.76. The number of ether oxygens (including phenoxy) is 1. The first kappa shape index (κ1) is 15.6. The Kier molecular flexibility index (Phi) is 5.02. The zero-order valence-electron chi connectivity index (χ0n) is 12.7. The quantitative estimate of drug-likeness (QED) is 0.818. The Bertz CT molecular complexity index is 505. The lowest BCUT2D eigenvalue weighted by Gasteiger charge is -2.19. The van der Waals surface area contributed by atoms with Crippen molar-refractivity contribution in [1.82, 2.24) is 4.90 Å². The molecule has 0 aliphatic carbocycles. The van der Waals surface area contributed by atoms with Crippen LogP contribution in [0.15, 0.2) is 30.3 Å². The molecule has 0 saturated carbocycles. The SMILES string of the molecule is CC1(C)CCN(CCOc2ccc(/C=C/C(=O)O)cc2)C1. The van der Waals surface area contributed by atoms with E-state index < -0.39 is 5.97 Å². The van der Waals surface area contributed by atoms with Gasteiger partial charge in [0, 0.05) is 19.2 Å². The molecule has 0 aromatic heterocycles. The highest BCUT2D eigenvalue weighted by atomic mass is 16.5. The summed E-state index contributed by atoms with van der Waals surface area (Å²) in [4.78, 5) is 12.9. The number of carboxylic acid groups (broad SMARTS) is 1. The predicted molar refractivity (Wildman–Crippen MR) is 83.4 cm³/mol. The minimum Gasteiger partial charge on any atom is -0.492 e. The van der Waals surface area contributed by atoms with E-state index >= 15 is 0 Å². The van der Waals surface area contributed by atoms with Crippen LogP contribution in [0.5, 0.6) is 5.75 Å². The molecule has 114 valence electrons. The molecule has 1 saturated heterocycles. The molecular formula is C17H23NO3. The van der Waals surface area contributed by atoms with E-state index in [4.69, 9.17) is 9.84 Å². The fraction of sp³-hybridized carbons (Fsp3) is 0.471. The summed E-state index contributed by atoms with van der Waals surface area (Å²) in [6.45, 7) is 8.52. The third-order valence-corrected chi connectivity index (χ3v) is 3.73. The summed E-state index contributed by atoms with van der Waals surface area (Å²) in [6.07, 6.45) is 3.95. The van der Waals surface area contributed by atoms with Gasteiger partial charge in [0.05, 0.1) is 0 Å². The number of hydrogen-bond acceptors (Lipinski definition) is 3. The molecule has 1 fully saturated rings. The van der Waals surface area contributed by atoms with E-state index in [0.717, 1.165) is 37.0 Å². The summed E-state index contributed by atoms with van der Waals surface area (Å²) in [5.41, 5.74) is 1.28. The number of hydrogen-bond donors (Lipinski definition) is 1. The molecular weight excluding hydrogens is 266 g/mol. The Balaban J connectivity index is 1.75. The third kappa shape index (κ3) is 5.23. The average Bonchev–Trinajstić information content (AvgIpc) is 2.77. The van der Waals surface area contributed by atoms with E-state index in [0.29, 0.717) is 12.0 Å². The lowest BCUT2D eigenvalue weighted by molar-refractivity contribution is -0.131. The fourth-order valence-electron chi connectivity index (χ4n) is 2.55. The Morgan fingerprint density at radius 3 is 2.67 bits per heavy atom. The van der Waals surface area contributed by atoms with E-state index in [1.54, 1.807) is 6.08 Å². The van der Waals surface area contributed by atoms with Crippen LogP contribution >= 0.6 is 0 Å². The molecule has 1 aromatic carbocycles. The number of aliphatic carboxylic acids is 1. The van der Waals surface area contributed by atoms with Crippen molar-refractivity contribution >= 4 is 12.0 Å². The highest BCUT2D eigenvalue weighted by Crippen LogP contribution is 2.28. The number of carbonyl (C=O) groups is 1. The van der Waals surface area contributed by atoms with Gasteiger partial charge in [-0.2, -0.15) is 0 Å². The van der Waals surface area contributed by atoms with Crippen molar-refractivity contribution in [3.05, 3.63) is 35.9 Å². The minimum absolute atomic E-state index is 0.429. The number of nitrogens with zero attached hydrogens (tertiary/aromatic N) is 1. The van der Waals surface area contributed by atoms with Gasteiger partial charge in [-0.25, -0.2) is 4.79 Å². The molecule has 0 amide bonds. The summed E-state index contributed by atoms with van der Waals surface area (Å²) < 4.78 is 5.73. The van der Waals surface area contributed by atoms with Crippen molar-refractivity contribution in [2.75, 3.05) is 26.2 Å². The van der Waals surface area contributed by atoms with E-state index in [1.165, 1.54) is 6.42 Å². The molecule has 0 radical (unpaired) electrons. The number of benzene rings is 1.